The van der Waals surface area contributed by atoms with Crippen LogP contribution >= 0.6 is 0 Å². The SMILES string of the molecule is O=C1CC[C@@]2(CCCN(C(=O)c3ccc[nH]3)C2)CN1Cc1ccncc1. The van der Waals surface area contributed by atoms with Gasteiger partial charge >= 0.3 is 0 Å². The van der Waals surface area contributed by atoms with E-state index in [1.54, 1.807) is 18.6 Å². The number of aromatic nitrogens is 2. The maximum atomic E-state index is 12.7. The van der Waals surface area contributed by atoms with Crippen LogP contribution in [-0.2, 0) is 11.3 Å². The Labute approximate surface area is 153 Å². The highest BCUT2D eigenvalue weighted by Gasteiger charge is 2.42. The first-order valence-corrected chi connectivity index (χ1v) is 9.25. The highest BCUT2D eigenvalue weighted by atomic mass is 16.2. The van der Waals surface area contributed by atoms with Gasteiger partial charge in [-0.1, -0.05) is 0 Å². The minimum Gasteiger partial charge on any atom is -0.357 e. The van der Waals surface area contributed by atoms with Crippen molar-refractivity contribution in [2.75, 3.05) is 19.6 Å². The van der Waals surface area contributed by atoms with Gasteiger partial charge in [-0.3, -0.25) is 14.6 Å². The predicted molar refractivity (Wildman–Crippen MR) is 97.3 cm³/mol. The van der Waals surface area contributed by atoms with E-state index in [4.69, 9.17) is 0 Å². The lowest BCUT2D eigenvalue weighted by atomic mass is 9.73. The van der Waals surface area contributed by atoms with Crippen molar-refractivity contribution in [1.29, 1.82) is 0 Å². The molecule has 0 radical (unpaired) electrons. The third kappa shape index (κ3) is 3.36. The molecule has 0 bridgehead atoms. The summed E-state index contributed by atoms with van der Waals surface area (Å²) in [6.45, 7) is 2.86. The third-order valence-corrected chi connectivity index (χ3v) is 5.65. The monoisotopic (exact) mass is 352 g/mol. The molecule has 1 N–H and O–H groups in total. The normalized spacial score (nSPS) is 23.5. The Morgan fingerprint density at radius 2 is 2.04 bits per heavy atom. The molecule has 2 fully saturated rings. The van der Waals surface area contributed by atoms with Crippen molar-refractivity contribution in [2.24, 2.45) is 5.41 Å². The highest BCUT2D eigenvalue weighted by Crippen LogP contribution is 2.39. The number of rotatable bonds is 3. The van der Waals surface area contributed by atoms with E-state index in [0.29, 0.717) is 18.7 Å². The van der Waals surface area contributed by atoms with Crippen LogP contribution in [0.1, 0.15) is 41.7 Å². The first kappa shape index (κ1) is 16.8. The van der Waals surface area contributed by atoms with Gasteiger partial charge in [0.1, 0.15) is 5.69 Å². The van der Waals surface area contributed by atoms with E-state index in [2.05, 4.69) is 9.97 Å². The number of aromatic amines is 1. The van der Waals surface area contributed by atoms with Crippen molar-refractivity contribution in [3.8, 4) is 0 Å². The summed E-state index contributed by atoms with van der Waals surface area (Å²) in [6, 6.07) is 7.58. The van der Waals surface area contributed by atoms with Gasteiger partial charge in [0, 0.05) is 56.6 Å². The first-order valence-electron chi connectivity index (χ1n) is 9.25. The number of nitrogens with one attached hydrogen (secondary N) is 1. The van der Waals surface area contributed by atoms with E-state index in [9.17, 15) is 9.59 Å². The molecule has 0 saturated carbocycles. The standard InChI is InChI=1S/C20H24N4O2/c25-18-4-8-20(15-24(18)13-16-5-10-21-11-6-16)7-2-12-23(14-20)19(26)17-3-1-9-22-17/h1,3,5-6,9-11,22H,2,4,7-8,12-15H2/t20-/m1/s1. The minimum absolute atomic E-state index is 0.0153. The Morgan fingerprint density at radius 1 is 1.19 bits per heavy atom. The number of amides is 2. The first-order chi connectivity index (χ1) is 12.7. The number of hydrogen-bond donors (Lipinski definition) is 1. The summed E-state index contributed by atoms with van der Waals surface area (Å²) < 4.78 is 0. The van der Waals surface area contributed by atoms with E-state index in [1.807, 2.05) is 34.1 Å². The summed E-state index contributed by atoms with van der Waals surface area (Å²) >= 11 is 0. The fourth-order valence-corrected chi connectivity index (χ4v) is 4.30. The molecule has 1 atom stereocenters. The molecule has 4 rings (SSSR count). The average molecular weight is 352 g/mol. The fourth-order valence-electron chi connectivity index (χ4n) is 4.30. The van der Waals surface area contributed by atoms with Crippen molar-refractivity contribution in [1.82, 2.24) is 19.8 Å². The van der Waals surface area contributed by atoms with Gasteiger partial charge < -0.3 is 14.8 Å². The number of H-pyrrole nitrogens is 1. The van der Waals surface area contributed by atoms with Gasteiger partial charge in [0.05, 0.1) is 0 Å². The van der Waals surface area contributed by atoms with Crippen molar-refractivity contribution >= 4 is 11.8 Å². The van der Waals surface area contributed by atoms with E-state index < -0.39 is 0 Å². The summed E-state index contributed by atoms with van der Waals surface area (Å²) in [4.78, 5) is 36.2. The molecule has 0 aliphatic carbocycles. The number of pyridine rings is 1. The number of carbonyl (C=O) groups is 2. The molecule has 2 aromatic rings. The molecule has 2 aromatic heterocycles. The highest BCUT2D eigenvalue weighted by molar-refractivity contribution is 5.92. The van der Waals surface area contributed by atoms with Gasteiger partial charge in [0.15, 0.2) is 0 Å². The summed E-state index contributed by atoms with van der Waals surface area (Å²) in [5.41, 5.74) is 1.75. The van der Waals surface area contributed by atoms with Gasteiger partial charge in [0.25, 0.3) is 5.91 Å². The van der Waals surface area contributed by atoms with E-state index >= 15 is 0 Å². The van der Waals surface area contributed by atoms with Crippen LogP contribution in [0.2, 0.25) is 0 Å². The van der Waals surface area contributed by atoms with Crippen LogP contribution in [0.5, 0.6) is 0 Å². The number of piperidine rings is 2. The van der Waals surface area contributed by atoms with Gasteiger partial charge in [-0.15, -0.1) is 0 Å². The molecule has 6 heteroatoms. The van der Waals surface area contributed by atoms with E-state index in [0.717, 1.165) is 44.5 Å². The number of carbonyl (C=O) groups excluding carboxylic acids is 2. The molecule has 136 valence electrons. The van der Waals surface area contributed by atoms with Crippen molar-refractivity contribution < 1.29 is 9.59 Å². The van der Waals surface area contributed by atoms with Gasteiger partial charge in [-0.25, -0.2) is 0 Å². The van der Waals surface area contributed by atoms with E-state index in [-0.39, 0.29) is 17.2 Å². The summed E-state index contributed by atoms with van der Waals surface area (Å²) in [7, 11) is 0. The largest absolute Gasteiger partial charge is 0.357 e. The summed E-state index contributed by atoms with van der Waals surface area (Å²) in [5.74, 6) is 0.270. The smallest absolute Gasteiger partial charge is 0.270 e. The Hall–Kier alpha value is -2.63. The molecule has 2 saturated heterocycles. The lowest BCUT2D eigenvalue weighted by Crippen LogP contribution is -2.54. The van der Waals surface area contributed by atoms with Crippen LogP contribution in [-0.4, -0.2) is 51.2 Å². The van der Waals surface area contributed by atoms with Crippen LogP contribution in [0.25, 0.3) is 0 Å². The second kappa shape index (κ2) is 6.94. The van der Waals surface area contributed by atoms with Crippen LogP contribution in [0.3, 0.4) is 0 Å². The fraction of sp³-hybridized carbons (Fsp3) is 0.450. The molecule has 0 unspecified atom stereocenters. The zero-order valence-corrected chi connectivity index (χ0v) is 14.9. The van der Waals surface area contributed by atoms with Gasteiger partial charge in [-0.05, 0) is 49.1 Å². The Bertz CT molecular complexity index is 774. The van der Waals surface area contributed by atoms with Crippen molar-refractivity contribution in [3.05, 3.63) is 54.1 Å². The number of hydrogen-bond acceptors (Lipinski definition) is 3. The van der Waals surface area contributed by atoms with Gasteiger partial charge in [0.2, 0.25) is 5.91 Å². The molecule has 4 heterocycles. The third-order valence-electron chi connectivity index (χ3n) is 5.65. The van der Waals surface area contributed by atoms with Crippen LogP contribution < -0.4 is 0 Å². The maximum Gasteiger partial charge on any atom is 0.270 e. The lowest BCUT2D eigenvalue weighted by Gasteiger charge is -2.48. The van der Waals surface area contributed by atoms with Gasteiger partial charge in [-0.2, -0.15) is 0 Å². The van der Waals surface area contributed by atoms with Crippen LogP contribution in [0.15, 0.2) is 42.9 Å². The zero-order valence-electron chi connectivity index (χ0n) is 14.9. The molecule has 0 aromatic carbocycles. The Kier molecular flexibility index (Phi) is 4.49. The Balaban J connectivity index is 1.48. The zero-order chi connectivity index (χ0) is 18.0. The molecule has 26 heavy (non-hydrogen) atoms. The molecular formula is C20H24N4O2. The minimum atomic E-state index is 0.0153. The molecule has 2 amide bonds. The average Bonchev–Trinajstić information content (AvgIpc) is 3.20. The van der Waals surface area contributed by atoms with Crippen LogP contribution in [0, 0.1) is 5.41 Å². The molecular weight excluding hydrogens is 328 g/mol. The topological polar surface area (TPSA) is 69.3 Å². The maximum absolute atomic E-state index is 12.7. The second-order valence-corrected chi connectivity index (χ2v) is 7.52. The van der Waals surface area contributed by atoms with Crippen molar-refractivity contribution in [3.63, 3.8) is 0 Å². The Morgan fingerprint density at radius 3 is 2.81 bits per heavy atom. The number of nitrogens with zero attached hydrogens (tertiary/aromatic N) is 3. The summed E-state index contributed by atoms with van der Waals surface area (Å²) in [6.07, 6.45) is 8.80. The van der Waals surface area contributed by atoms with E-state index in [1.165, 1.54) is 0 Å². The van der Waals surface area contributed by atoms with Crippen molar-refractivity contribution in [2.45, 2.75) is 32.2 Å². The molecule has 2 aliphatic heterocycles. The summed E-state index contributed by atoms with van der Waals surface area (Å²) in [5, 5.41) is 0. The van der Waals surface area contributed by atoms with Crippen LogP contribution in [0.4, 0.5) is 0 Å². The molecule has 2 aliphatic rings. The molecule has 6 nitrogen and oxygen atoms in total. The molecule has 1 spiro atoms. The predicted octanol–water partition coefficient (Wildman–Crippen LogP) is 2.45. The quantitative estimate of drug-likeness (QED) is 0.922. The number of likely N-dealkylation sites (tertiary alicyclic amines) is 2. The lowest BCUT2D eigenvalue weighted by molar-refractivity contribution is -0.139. The second-order valence-electron chi connectivity index (χ2n) is 7.52.